The number of piperidine rings is 2. The molecule has 8 heteroatoms. The third-order valence-electron chi connectivity index (χ3n) is 6.26. The first-order chi connectivity index (χ1) is 15.2. The maximum absolute atomic E-state index is 12.2. The summed E-state index contributed by atoms with van der Waals surface area (Å²) in [4.78, 5) is 25.1. The van der Waals surface area contributed by atoms with E-state index in [-0.39, 0.29) is 6.09 Å². The van der Waals surface area contributed by atoms with Gasteiger partial charge in [-0.3, -0.25) is 0 Å². The monoisotopic (exact) mass is 510 g/mol. The van der Waals surface area contributed by atoms with Crippen molar-refractivity contribution < 1.29 is 14.3 Å². The maximum Gasteiger partial charge on any atom is 0.410 e. The number of hydrogen-bond donors (Lipinski definition) is 0. The lowest BCUT2D eigenvalue weighted by Crippen LogP contribution is -2.42. The largest absolute Gasteiger partial charge is 0.444 e. The Morgan fingerprint density at radius 1 is 1.09 bits per heavy atom. The normalized spacial score (nSPS) is 19.8. The number of likely N-dealkylation sites (tertiary alicyclic amines) is 1. The van der Waals surface area contributed by atoms with Crippen LogP contribution in [0.4, 0.5) is 10.7 Å². The van der Waals surface area contributed by atoms with E-state index in [0.29, 0.717) is 11.8 Å². The SMILES string of the molecule is C[C@@H](COCC1CCN(C(=O)OC(C)(C)C)CC1)CC1CCN(c2ncc(Br)cn2)CC1. The molecule has 0 bridgehead atoms. The second-order valence-electron chi connectivity index (χ2n) is 10.4. The Kier molecular flexibility index (Phi) is 9.17. The van der Waals surface area contributed by atoms with Crippen LogP contribution in [0.1, 0.15) is 59.8 Å². The number of nitrogens with zero attached hydrogens (tertiary/aromatic N) is 4. The lowest BCUT2D eigenvalue weighted by molar-refractivity contribution is 0.00897. The average Bonchev–Trinajstić information content (AvgIpc) is 2.74. The molecule has 0 N–H and O–H groups in total. The van der Waals surface area contributed by atoms with E-state index in [9.17, 15) is 4.79 Å². The van der Waals surface area contributed by atoms with E-state index in [2.05, 4.69) is 37.7 Å². The van der Waals surface area contributed by atoms with E-state index < -0.39 is 5.60 Å². The summed E-state index contributed by atoms with van der Waals surface area (Å²) < 4.78 is 12.5. The lowest BCUT2D eigenvalue weighted by Gasteiger charge is -2.34. The Balaban J connectivity index is 1.27. The highest BCUT2D eigenvalue weighted by Gasteiger charge is 2.27. The molecule has 2 aliphatic rings. The number of hydrogen-bond acceptors (Lipinski definition) is 6. The molecule has 1 aromatic rings. The van der Waals surface area contributed by atoms with Gasteiger partial charge in [-0.2, -0.15) is 0 Å². The van der Waals surface area contributed by atoms with E-state index in [1.165, 1.54) is 19.3 Å². The highest BCUT2D eigenvalue weighted by Crippen LogP contribution is 2.27. The number of carbonyl (C=O) groups is 1. The number of amides is 1. The van der Waals surface area contributed by atoms with Crippen molar-refractivity contribution >= 4 is 28.0 Å². The van der Waals surface area contributed by atoms with Crippen LogP contribution >= 0.6 is 15.9 Å². The Morgan fingerprint density at radius 3 is 2.28 bits per heavy atom. The third kappa shape index (κ3) is 8.18. The number of halogens is 1. The second kappa shape index (κ2) is 11.6. The molecule has 0 aliphatic carbocycles. The summed E-state index contributed by atoms with van der Waals surface area (Å²) in [5, 5.41) is 0. The number of anilines is 1. The van der Waals surface area contributed by atoms with Crippen molar-refractivity contribution in [2.24, 2.45) is 17.8 Å². The van der Waals surface area contributed by atoms with Crippen LogP contribution in [0.3, 0.4) is 0 Å². The van der Waals surface area contributed by atoms with Gasteiger partial charge in [-0.15, -0.1) is 0 Å². The maximum atomic E-state index is 12.2. The molecule has 2 saturated heterocycles. The molecule has 180 valence electrons. The molecule has 0 radical (unpaired) electrons. The zero-order chi connectivity index (χ0) is 23.1. The highest BCUT2D eigenvalue weighted by molar-refractivity contribution is 9.10. The molecule has 0 saturated carbocycles. The quantitative estimate of drug-likeness (QED) is 0.505. The van der Waals surface area contributed by atoms with Gasteiger partial charge in [0.2, 0.25) is 5.95 Å². The summed E-state index contributed by atoms with van der Waals surface area (Å²) in [5.41, 5.74) is -0.434. The minimum Gasteiger partial charge on any atom is -0.444 e. The van der Waals surface area contributed by atoms with Crippen LogP contribution in [0.15, 0.2) is 16.9 Å². The molecule has 0 spiro atoms. The Labute approximate surface area is 201 Å². The first-order valence-corrected chi connectivity index (χ1v) is 12.8. The van der Waals surface area contributed by atoms with Gasteiger partial charge < -0.3 is 19.3 Å². The highest BCUT2D eigenvalue weighted by atomic mass is 79.9. The molecule has 0 unspecified atom stereocenters. The van der Waals surface area contributed by atoms with Crippen LogP contribution in [-0.2, 0) is 9.47 Å². The van der Waals surface area contributed by atoms with Gasteiger partial charge in [0.1, 0.15) is 5.60 Å². The summed E-state index contributed by atoms with van der Waals surface area (Å²) in [6, 6.07) is 0. The fraction of sp³-hybridized carbons (Fsp3) is 0.792. The molecule has 3 heterocycles. The van der Waals surface area contributed by atoms with E-state index >= 15 is 0 Å². The number of rotatable bonds is 7. The lowest BCUT2D eigenvalue weighted by atomic mass is 9.88. The fourth-order valence-electron chi connectivity index (χ4n) is 4.52. The van der Waals surface area contributed by atoms with E-state index in [4.69, 9.17) is 9.47 Å². The van der Waals surface area contributed by atoms with Gasteiger partial charge in [0.05, 0.1) is 4.47 Å². The van der Waals surface area contributed by atoms with Gasteiger partial charge in [0.25, 0.3) is 0 Å². The van der Waals surface area contributed by atoms with Gasteiger partial charge >= 0.3 is 6.09 Å². The number of ether oxygens (including phenoxy) is 2. The van der Waals surface area contributed by atoms with Crippen LogP contribution in [0.25, 0.3) is 0 Å². The summed E-state index contributed by atoms with van der Waals surface area (Å²) in [6.45, 7) is 13.2. The molecule has 1 atom stereocenters. The van der Waals surface area contributed by atoms with Crippen LogP contribution in [-0.4, -0.2) is 66.0 Å². The first-order valence-electron chi connectivity index (χ1n) is 12.0. The van der Waals surface area contributed by atoms with Crippen molar-refractivity contribution in [2.45, 2.75) is 65.4 Å². The van der Waals surface area contributed by atoms with Crippen LogP contribution in [0, 0.1) is 17.8 Å². The van der Waals surface area contributed by atoms with Gasteiger partial charge in [0, 0.05) is 51.8 Å². The van der Waals surface area contributed by atoms with E-state index in [1.807, 2.05) is 38.1 Å². The van der Waals surface area contributed by atoms with Crippen molar-refractivity contribution in [1.29, 1.82) is 0 Å². The standard InChI is InChI=1S/C24H39BrN4O3/c1-18(13-19-5-9-28(10-6-19)22-26-14-21(25)15-27-22)16-31-17-20-7-11-29(12-8-20)23(30)32-24(2,3)4/h14-15,18-20H,5-13,16-17H2,1-4H3/t18-/m1/s1. The van der Waals surface area contributed by atoms with Crippen molar-refractivity contribution in [3.63, 3.8) is 0 Å². The molecule has 7 nitrogen and oxygen atoms in total. The molecule has 0 aromatic carbocycles. The van der Waals surface area contributed by atoms with Gasteiger partial charge in [-0.25, -0.2) is 14.8 Å². The predicted octanol–water partition coefficient (Wildman–Crippen LogP) is 5.15. The van der Waals surface area contributed by atoms with Crippen molar-refractivity contribution in [3.05, 3.63) is 16.9 Å². The zero-order valence-electron chi connectivity index (χ0n) is 20.1. The molecular formula is C24H39BrN4O3. The summed E-state index contributed by atoms with van der Waals surface area (Å²) >= 11 is 3.39. The smallest absolute Gasteiger partial charge is 0.410 e. The summed E-state index contributed by atoms with van der Waals surface area (Å²) in [7, 11) is 0. The van der Waals surface area contributed by atoms with Gasteiger partial charge in [-0.05, 0) is 86.6 Å². The molecule has 32 heavy (non-hydrogen) atoms. The minimum atomic E-state index is -0.434. The summed E-state index contributed by atoms with van der Waals surface area (Å²) in [5.74, 6) is 2.69. The Hall–Kier alpha value is -1.41. The average molecular weight is 512 g/mol. The predicted molar refractivity (Wildman–Crippen MR) is 130 cm³/mol. The van der Waals surface area contributed by atoms with E-state index in [1.54, 1.807) is 0 Å². The van der Waals surface area contributed by atoms with Crippen molar-refractivity contribution in [1.82, 2.24) is 14.9 Å². The topological polar surface area (TPSA) is 67.8 Å². The molecule has 3 rings (SSSR count). The van der Waals surface area contributed by atoms with Crippen LogP contribution in [0.5, 0.6) is 0 Å². The van der Waals surface area contributed by atoms with Crippen molar-refractivity contribution in [3.8, 4) is 0 Å². The molecule has 1 amide bonds. The van der Waals surface area contributed by atoms with Gasteiger partial charge in [-0.1, -0.05) is 6.92 Å². The van der Waals surface area contributed by atoms with Crippen LogP contribution < -0.4 is 4.90 Å². The fourth-order valence-corrected chi connectivity index (χ4v) is 4.72. The first kappa shape index (κ1) is 25.2. The zero-order valence-corrected chi connectivity index (χ0v) is 21.6. The number of carbonyl (C=O) groups excluding carboxylic acids is 1. The molecule has 1 aromatic heterocycles. The summed E-state index contributed by atoms with van der Waals surface area (Å²) in [6.07, 6.45) is 9.01. The van der Waals surface area contributed by atoms with Crippen molar-refractivity contribution in [2.75, 3.05) is 44.3 Å². The molecule has 2 fully saturated rings. The van der Waals surface area contributed by atoms with Gasteiger partial charge in [0.15, 0.2) is 0 Å². The Morgan fingerprint density at radius 2 is 1.69 bits per heavy atom. The molecular weight excluding hydrogens is 472 g/mol. The van der Waals surface area contributed by atoms with Crippen LogP contribution in [0.2, 0.25) is 0 Å². The van der Waals surface area contributed by atoms with E-state index in [0.717, 1.165) is 68.6 Å². The minimum absolute atomic E-state index is 0.191. The second-order valence-corrected chi connectivity index (χ2v) is 11.3. The Bertz CT molecular complexity index is 709. The molecule has 2 aliphatic heterocycles. The third-order valence-corrected chi connectivity index (χ3v) is 6.67. The number of aromatic nitrogens is 2.